The molecule has 90 valence electrons. The van der Waals surface area contributed by atoms with E-state index in [1.54, 1.807) is 11.8 Å². The molecule has 0 unspecified atom stereocenters. The molecule has 0 aliphatic carbocycles. The van der Waals surface area contributed by atoms with Crippen molar-refractivity contribution >= 4 is 5.82 Å². The van der Waals surface area contributed by atoms with Crippen molar-refractivity contribution in [3.05, 3.63) is 35.7 Å². The highest BCUT2D eigenvalue weighted by Crippen LogP contribution is 2.15. The van der Waals surface area contributed by atoms with Gasteiger partial charge in [0.25, 0.3) is 0 Å². The van der Waals surface area contributed by atoms with Crippen molar-refractivity contribution < 1.29 is 4.74 Å². The monoisotopic (exact) mass is 232 g/mol. The predicted molar refractivity (Wildman–Crippen MR) is 66.1 cm³/mol. The topological polar surface area (TPSA) is 52.0 Å². The van der Waals surface area contributed by atoms with E-state index in [2.05, 4.69) is 15.4 Å². The molecule has 0 bridgehead atoms. The summed E-state index contributed by atoms with van der Waals surface area (Å²) in [5, 5.41) is 7.48. The summed E-state index contributed by atoms with van der Waals surface area (Å²) in [5.74, 6) is 1.51. The second-order valence-corrected chi connectivity index (χ2v) is 3.82. The summed E-state index contributed by atoms with van der Waals surface area (Å²) in [5.41, 5.74) is 2.01. The minimum absolute atomic E-state index is 0.655. The molecular weight excluding hydrogens is 216 g/mol. The van der Waals surface area contributed by atoms with E-state index in [9.17, 15) is 0 Å². The van der Waals surface area contributed by atoms with Crippen molar-refractivity contribution in [2.45, 2.75) is 13.5 Å². The average Bonchev–Trinajstić information content (AvgIpc) is 2.67. The fourth-order valence-electron chi connectivity index (χ4n) is 1.61. The molecule has 0 aromatic carbocycles. The van der Waals surface area contributed by atoms with Crippen molar-refractivity contribution in [3.8, 4) is 5.88 Å². The molecule has 2 rings (SSSR count). The standard InChI is InChI=1S/C12H16N4O/c1-9-5-4-6-10(14-9)8-13-11-7-12(17-3)16(2)15-11/h4-7H,8H2,1-3H3,(H,13,15). The van der Waals surface area contributed by atoms with Gasteiger partial charge in [0, 0.05) is 18.8 Å². The number of hydrogen-bond acceptors (Lipinski definition) is 4. The van der Waals surface area contributed by atoms with Gasteiger partial charge in [0.1, 0.15) is 0 Å². The van der Waals surface area contributed by atoms with Gasteiger partial charge in [-0.3, -0.25) is 4.98 Å². The van der Waals surface area contributed by atoms with E-state index < -0.39 is 0 Å². The lowest BCUT2D eigenvalue weighted by atomic mass is 10.3. The highest BCUT2D eigenvalue weighted by molar-refractivity contribution is 5.38. The maximum absolute atomic E-state index is 5.14. The first-order chi connectivity index (χ1) is 8.19. The number of nitrogens with zero attached hydrogens (tertiary/aromatic N) is 3. The Morgan fingerprint density at radius 1 is 1.41 bits per heavy atom. The van der Waals surface area contributed by atoms with Crippen molar-refractivity contribution in [3.63, 3.8) is 0 Å². The third kappa shape index (κ3) is 2.75. The number of methoxy groups -OCH3 is 1. The van der Waals surface area contributed by atoms with Crippen molar-refractivity contribution in [2.24, 2.45) is 7.05 Å². The molecule has 2 heterocycles. The van der Waals surface area contributed by atoms with Crippen LogP contribution in [0.25, 0.3) is 0 Å². The molecule has 17 heavy (non-hydrogen) atoms. The molecule has 0 atom stereocenters. The minimum Gasteiger partial charge on any atom is -0.481 e. The smallest absolute Gasteiger partial charge is 0.213 e. The number of pyridine rings is 1. The van der Waals surface area contributed by atoms with Crippen molar-refractivity contribution in [2.75, 3.05) is 12.4 Å². The van der Waals surface area contributed by atoms with Gasteiger partial charge in [0.15, 0.2) is 5.82 Å². The third-order valence-corrected chi connectivity index (χ3v) is 2.44. The van der Waals surface area contributed by atoms with Gasteiger partial charge in [0.05, 0.1) is 19.3 Å². The highest BCUT2D eigenvalue weighted by atomic mass is 16.5. The molecule has 0 spiro atoms. The Hall–Kier alpha value is -2.04. The van der Waals surface area contributed by atoms with Crippen LogP contribution in [0.15, 0.2) is 24.3 Å². The number of nitrogens with one attached hydrogen (secondary N) is 1. The van der Waals surface area contributed by atoms with E-state index in [4.69, 9.17) is 4.74 Å². The summed E-state index contributed by atoms with van der Waals surface area (Å²) in [6.07, 6.45) is 0. The van der Waals surface area contributed by atoms with E-state index in [-0.39, 0.29) is 0 Å². The summed E-state index contributed by atoms with van der Waals surface area (Å²) in [7, 11) is 3.47. The van der Waals surface area contributed by atoms with Gasteiger partial charge >= 0.3 is 0 Å². The molecule has 5 nitrogen and oxygen atoms in total. The fraction of sp³-hybridized carbons (Fsp3) is 0.333. The first-order valence-corrected chi connectivity index (χ1v) is 5.43. The van der Waals surface area contributed by atoms with E-state index >= 15 is 0 Å². The first-order valence-electron chi connectivity index (χ1n) is 5.43. The predicted octanol–water partition coefficient (Wildman–Crippen LogP) is 1.74. The molecule has 0 aliphatic heterocycles. The van der Waals surface area contributed by atoms with Crippen LogP contribution in [0.5, 0.6) is 5.88 Å². The maximum atomic E-state index is 5.14. The SMILES string of the molecule is COc1cc(NCc2cccc(C)n2)nn1C. The van der Waals surface area contributed by atoms with E-state index in [0.717, 1.165) is 23.1 Å². The molecule has 0 aliphatic rings. The normalized spacial score (nSPS) is 10.3. The van der Waals surface area contributed by atoms with Gasteiger partial charge in [-0.1, -0.05) is 6.07 Å². The summed E-state index contributed by atoms with van der Waals surface area (Å²) >= 11 is 0. The number of rotatable bonds is 4. The molecule has 0 amide bonds. The molecular formula is C12H16N4O. The van der Waals surface area contributed by atoms with E-state index in [1.807, 2.05) is 38.2 Å². The Morgan fingerprint density at radius 3 is 2.88 bits per heavy atom. The van der Waals surface area contributed by atoms with Crippen LogP contribution >= 0.6 is 0 Å². The molecule has 2 aromatic heterocycles. The summed E-state index contributed by atoms with van der Waals surface area (Å²) in [6, 6.07) is 7.82. The lowest BCUT2D eigenvalue weighted by Gasteiger charge is -2.02. The van der Waals surface area contributed by atoms with Crippen LogP contribution in [0.3, 0.4) is 0 Å². The van der Waals surface area contributed by atoms with Gasteiger partial charge in [0.2, 0.25) is 5.88 Å². The van der Waals surface area contributed by atoms with Crippen LogP contribution in [-0.4, -0.2) is 21.9 Å². The summed E-state index contributed by atoms with van der Waals surface area (Å²) < 4.78 is 6.83. The van der Waals surface area contributed by atoms with Crippen LogP contribution in [0, 0.1) is 6.92 Å². The molecule has 0 saturated carbocycles. The van der Waals surface area contributed by atoms with Crippen LogP contribution in [-0.2, 0) is 13.6 Å². The number of aromatic nitrogens is 3. The van der Waals surface area contributed by atoms with Gasteiger partial charge in [-0.2, -0.15) is 5.10 Å². The summed E-state index contributed by atoms with van der Waals surface area (Å²) in [4.78, 5) is 4.41. The Morgan fingerprint density at radius 2 is 2.24 bits per heavy atom. The molecule has 0 saturated heterocycles. The fourth-order valence-corrected chi connectivity index (χ4v) is 1.61. The third-order valence-electron chi connectivity index (χ3n) is 2.44. The quantitative estimate of drug-likeness (QED) is 0.872. The zero-order chi connectivity index (χ0) is 12.3. The maximum Gasteiger partial charge on any atom is 0.213 e. The molecule has 0 fully saturated rings. The molecule has 0 radical (unpaired) electrons. The van der Waals surface area contributed by atoms with Gasteiger partial charge in [-0.15, -0.1) is 0 Å². The van der Waals surface area contributed by atoms with Crippen molar-refractivity contribution in [1.29, 1.82) is 0 Å². The lowest BCUT2D eigenvalue weighted by molar-refractivity contribution is 0.373. The van der Waals surface area contributed by atoms with Crippen LogP contribution < -0.4 is 10.1 Å². The lowest BCUT2D eigenvalue weighted by Crippen LogP contribution is -2.03. The van der Waals surface area contributed by atoms with Crippen LogP contribution in [0.2, 0.25) is 0 Å². The Kier molecular flexibility index (Phi) is 3.27. The minimum atomic E-state index is 0.655. The number of aryl methyl sites for hydroxylation is 2. The number of ether oxygens (including phenoxy) is 1. The molecule has 2 aromatic rings. The highest BCUT2D eigenvalue weighted by Gasteiger charge is 2.04. The van der Waals surface area contributed by atoms with Crippen LogP contribution in [0.4, 0.5) is 5.82 Å². The zero-order valence-electron chi connectivity index (χ0n) is 10.3. The molecule has 5 heteroatoms. The zero-order valence-corrected chi connectivity index (χ0v) is 10.3. The van der Waals surface area contributed by atoms with Gasteiger partial charge in [-0.05, 0) is 19.1 Å². The van der Waals surface area contributed by atoms with E-state index in [1.165, 1.54) is 0 Å². The van der Waals surface area contributed by atoms with E-state index in [0.29, 0.717) is 6.54 Å². The average molecular weight is 232 g/mol. The van der Waals surface area contributed by atoms with Gasteiger partial charge in [-0.25, -0.2) is 4.68 Å². The van der Waals surface area contributed by atoms with Gasteiger partial charge < -0.3 is 10.1 Å². The second-order valence-electron chi connectivity index (χ2n) is 3.82. The largest absolute Gasteiger partial charge is 0.481 e. The Bertz CT molecular complexity index is 507. The number of hydrogen-bond donors (Lipinski definition) is 1. The Labute approximate surface area is 100 Å². The number of anilines is 1. The van der Waals surface area contributed by atoms with Crippen LogP contribution in [0.1, 0.15) is 11.4 Å². The molecule has 1 N–H and O–H groups in total. The summed E-state index contributed by atoms with van der Waals surface area (Å²) in [6.45, 7) is 2.63. The Balaban J connectivity index is 2.02. The second kappa shape index (κ2) is 4.86. The first kappa shape index (κ1) is 11.4. The van der Waals surface area contributed by atoms with Crippen molar-refractivity contribution in [1.82, 2.24) is 14.8 Å².